The van der Waals surface area contributed by atoms with Gasteiger partial charge in [-0.1, -0.05) is 0 Å². The van der Waals surface area contributed by atoms with E-state index in [2.05, 4.69) is 10.6 Å². The van der Waals surface area contributed by atoms with E-state index >= 15 is 0 Å². The summed E-state index contributed by atoms with van der Waals surface area (Å²) in [6, 6.07) is 10.7. The molecule has 4 nitrogen and oxygen atoms in total. The van der Waals surface area contributed by atoms with E-state index < -0.39 is 17.7 Å². The van der Waals surface area contributed by atoms with Gasteiger partial charge in [0.1, 0.15) is 11.6 Å². The highest BCUT2D eigenvalue weighted by molar-refractivity contribution is 5.89. The molecular formula is C15H11F2N3O. The Hall–Kier alpha value is -2.94. The smallest absolute Gasteiger partial charge is 0.319 e. The first-order valence-electron chi connectivity index (χ1n) is 6.07. The van der Waals surface area contributed by atoms with E-state index in [1.807, 2.05) is 6.07 Å². The Morgan fingerprint density at radius 1 is 1.14 bits per heavy atom. The molecular weight excluding hydrogens is 276 g/mol. The molecule has 6 heteroatoms. The summed E-state index contributed by atoms with van der Waals surface area (Å²) in [5.41, 5.74) is 1.03. The topological polar surface area (TPSA) is 64.9 Å². The van der Waals surface area contributed by atoms with Gasteiger partial charge in [-0.25, -0.2) is 13.6 Å². The average Bonchev–Trinajstić information content (AvgIpc) is 2.49. The van der Waals surface area contributed by atoms with Gasteiger partial charge in [0.05, 0.1) is 11.6 Å². The summed E-state index contributed by atoms with van der Waals surface area (Å²) >= 11 is 0. The van der Waals surface area contributed by atoms with Crippen molar-refractivity contribution >= 4 is 11.7 Å². The van der Waals surface area contributed by atoms with Crippen molar-refractivity contribution in [2.75, 3.05) is 5.32 Å². The number of benzene rings is 2. The van der Waals surface area contributed by atoms with Crippen molar-refractivity contribution in [3.8, 4) is 6.07 Å². The Bertz CT molecular complexity index is 693. The van der Waals surface area contributed by atoms with Crippen LogP contribution in [0.15, 0.2) is 42.5 Å². The average molecular weight is 287 g/mol. The van der Waals surface area contributed by atoms with E-state index in [1.165, 1.54) is 0 Å². The molecule has 106 valence electrons. The lowest BCUT2D eigenvalue weighted by Gasteiger charge is -2.08. The molecule has 2 aromatic rings. The third-order valence-electron chi connectivity index (χ3n) is 2.72. The van der Waals surface area contributed by atoms with Crippen LogP contribution in [0.3, 0.4) is 0 Å². The lowest BCUT2D eigenvalue weighted by atomic mass is 10.2. The van der Waals surface area contributed by atoms with Crippen LogP contribution < -0.4 is 10.6 Å². The van der Waals surface area contributed by atoms with E-state index in [0.717, 1.165) is 18.2 Å². The van der Waals surface area contributed by atoms with Crippen LogP contribution >= 0.6 is 0 Å². The highest BCUT2D eigenvalue weighted by Gasteiger charge is 2.06. The Labute approximate surface area is 120 Å². The van der Waals surface area contributed by atoms with Crippen molar-refractivity contribution in [3.63, 3.8) is 0 Å². The third kappa shape index (κ3) is 4.01. The van der Waals surface area contributed by atoms with Gasteiger partial charge in [0, 0.05) is 17.8 Å². The fourth-order valence-electron chi connectivity index (χ4n) is 1.66. The van der Waals surface area contributed by atoms with E-state index in [-0.39, 0.29) is 12.1 Å². The van der Waals surface area contributed by atoms with E-state index in [9.17, 15) is 13.6 Å². The van der Waals surface area contributed by atoms with E-state index in [0.29, 0.717) is 11.3 Å². The lowest BCUT2D eigenvalue weighted by molar-refractivity contribution is 0.251. The molecule has 2 rings (SSSR count). The zero-order valence-corrected chi connectivity index (χ0v) is 10.9. The number of rotatable bonds is 3. The molecule has 0 radical (unpaired) electrons. The Morgan fingerprint density at radius 2 is 1.86 bits per heavy atom. The molecule has 0 aliphatic rings. The van der Waals surface area contributed by atoms with Gasteiger partial charge in [-0.15, -0.1) is 0 Å². The molecule has 0 bridgehead atoms. The van der Waals surface area contributed by atoms with Gasteiger partial charge < -0.3 is 10.6 Å². The number of anilines is 1. The molecule has 0 unspecified atom stereocenters. The number of halogens is 2. The van der Waals surface area contributed by atoms with Gasteiger partial charge >= 0.3 is 6.03 Å². The summed E-state index contributed by atoms with van der Waals surface area (Å²) in [5.74, 6) is -1.16. The number of hydrogen-bond acceptors (Lipinski definition) is 2. The van der Waals surface area contributed by atoms with Crippen molar-refractivity contribution < 1.29 is 13.6 Å². The van der Waals surface area contributed by atoms with Gasteiger partial charge in [-0.2, -0.15) is 5.26 Å². The molecule has 0 fully saturated rings. The Balaban J connectivity index is 1.92. The molecule has 0 atom stereocenters. The minimum atomic E-state index is -0.588. The molecule has 0 saturated heterocycles. The Morgan fingerprint density at radius 3 is 2.52 bits per heavy atom. The first-order chi connectivity index (χ1) is 10.1. The normalized spacial score (nSPS) is 9.76. The van der Waals surface area contributed by atoms with Crippen LogP contribution in [0.25, 0.3) is 0 Å². The van der Waals surface area contributed by atoms with Crippen LogP contribution in [0.4, 0.5) is 19.3 Å². The van der Waals surface area contributed by atoms with Crippen molar-refractivity contribution in [3.05, 3.63) is 65.2 Å². The molecule has 0 aliphatic heterocycles. The lowest BCUT2D eigenvalue weighted by Crippen LogP contribution is -2.28. The van der Waals surface area contributed by atoms with Crippen molar-refractivity contribution in [1.82, 2.24) is 5.32 Å². The maximum Gasteiger partial charge on any atom is 0.319 e. The number of carbonyl (C=O) groups is 1. The van der Waals surface area contributed by atoms with Crippen LogP contribution in [0.2, 0.25) is 0 Å². The maximum absolute atomic E-state index is 13.4. The fourth-order valence-corrected chi connectivity index (χ4v) is 1.66. The summed E-state index contributed by atoms with van der Waals surface area (Å²) in [4.78, 5) is 11.6. The second kappa shape index (κ2) is 6.48. The van der Waals surface area contributed by atoms with E-state index in [1.54, 1.807) is 24.3 Å². The summed E-state index contributed by atoms with van der Waals surface area (Å²) in [5, 5.41) is 13.6. The standard InChI is InChI=1S/C15H11F2N3O/c16-12-3-6-14(17)11(7-12)9-19-15(21)20-13-4-1-10(8-18)2-5-13/h1-7H,9H2,(H2,19,20,21). The Kier molecular flexibility index (Phi) is 4.46. The second-order valence-electron chi connectivity index (χ2n) is 4.23. The minimum Gasteiger partial charge on any atom is -0.334 e. The summed E-state index contributed by atoms with van der Waals surface area (Å²) in [7, 11) is 0. The van der Waals surface area contributed by atoms with Gasteiger partial charge in [0.25, 0.3) is 0 Å². The second-order valence-corrected chi connectivity index (χ2v) is 4.23. The van der Waals surface area contributed by atoms with Crippen molar-refractivity contribution in [2.45, 2.75) is 6.54 Å². The quantitative estimate of drug-likeness (QED) is 0.910. The molecule has 0 spiro atoms. The number of amides is 2. The van der Waals surface area contributed by atoms with Crippen LogP contribution in [0, 0.1) is 23.0 Å². The van der Waals surface area contributed by atoms with E-state index in [4.69, 9.17) is 5.26 Å². The molecule has 21 heavy (non-hydrogen) atoms. The number of nitrogens with zero attached hydrogens (tertiary/aromatic N) is 1. The first kappa shape index (κ1) is 14.5. The molecule has 0 aliphatic carbocycles. The van der Waals surface area contributed by atoms with Crippen LogP contribution in [-0.4, -0.2) is 6.03 Å². The third-order valence-corrected chi connectivity index (χ3v) is 2.72. The summed E-state index contributed by atoms with van der Waals surface area (Å²) in [6.07, 6.45) is 0. The van der Waals surface area contributed by atoms with Crippen LogP contribution in [-0.2, 0) is 6.54 Å². The number of carbonyl (C=O) groups excluding carboxylic acids is 1. The van der Waals surface area contributed by atoms with Crippen LogP contribution in [0.5, 0.6) is 0 Å². The molecule has 0 heterocycles. The summed E-state index contributed by atoms with van der Waals surface area (Å²) < 4.78 is 26.3. The van der Waals surface area contributed by atoms with Gasteiger partial charge in [-0.05, 0) is 42.5 Å². The predicted molar refractivity (Wildman–Crippen MR) is 73.4 cm³/mol. The number of hydrogen-bond donors (Lipinski definition) is 2. The van der Waals surface area contributed by atoms with Gasteiger partial charge in [-0.3, -0.25) is 0 Å². The molecule has 2 aromatic carbocycles. The SMILES string of the molecule is N#Cc1ccc(NC(=O)NCc2cc(F)ccc2F)cc1. The van der Waals surface area contributed by atoms with Crippen LogP contribution in [0.1, 0.15) is 11.1 Å². The number of urea groups is 1. The monoisotopic (exact) mass is 287 g/mol. The zero-order valence-electron chi connectivity index (χ0n) is 10.9. The predicted octanol–water partition coefficient (Wildman–Crippen LogP) is 3.16. The number of nitriles is 1. The van der Waals surface area contributed by atoms with Gasteiger partial charge in [0.15, 0.2) is 0 Å². The van der Waals surface area contributed by atoms with Crippen molar-refractivity contribution in [1.29, 1.82) is 5.26 Å². The number of nitrogens with one attached hydrogen (secondary N) is 2. The zero-order chi connectivity index (χ0) is 15.2. The molecule has 0 saturated carbocycles. The summed E-state index contributed by atoms with van der Waals surface area (Å²) in [6.45, 7) is -0.133. The van der Waals surface area contributed by atoms with Gasteiger partial charge in [0.2, 0.25) is 0 Å². The highest BCUT2D eigenvalue weighted by atomic mass is 19.1. The molecule has 2 amide bonds. The maximum atomic E-state index is 13.4. The molecule has 2 N–H and O–H groups in total. The molecule has 0 aromatic heterocycles. The largest absolute Gasteiger partial charge is 0.334 e. The first-order valence-corrected chi connectivity index (χ1v) is 6.07. The highest BCUT2D eigenvalue weighted by Crippen LogP contribution is 2.10. The van der Waals surface area contributed by atoms with Crippen molar-refractivity contribution in [2.24, 2.45) is 0 Å². The minimum absolute atomic E-state index is 0.0602. The fraction of sp³-hybridized carbons (Fsp3) is 0.0667.